The van der Waals surface area contributed by atoms with Crippen LogP contribution in [0.2, 0.25) is 0 Å². The zero-order chi connectivity index (χ0) is 15.0. The van der Waals surface area contributed by atoms with Crippen molar-refractivity contribution >= 4 is 0 Å². The number of aryl methyl sites for hydroxylation is 4. The second-order valence-corrected chi connectivity index (χ2v) is 5.72. The van der Waals surface area contributed by atoms with Crippen molar-refractivity contribution in [1.82, 2.24) is 0 Å². The maximum Gasteiger partial charge on any atom is 0.135 e. The minimum Gasteiger partial charge on any atom is -0.461 e. The van der Waals surface area contributed by atoms with Crippen LogP contribution in [-0.4, -0.2) is 0 Å². The molecule has 0 fully saturated rings. The predicted molar refractivity (Wildman–Crippen MR) is 88.5 cm³/mol. The molecule has 106 valence electrons. The maximum atomic E-state index is 6.06. The largest absolute Gasteiger partial charge is 0.461 e. The molecule has 0 aliphatic carbocycles. The Labute approximate surface area is 126 Å². The van der Waals surface area contributed by atoms with E-state index in [4.69, 9.17) is 4.42 Å². The van der Waals surface area contributed by atoms with Gasteiger partial charge in [-0.3, -0.25) is 0 Å². The van der Waals surface area contributed by atoms with E-state index < -0.39 is 0 Å². The molecule has 3 rings (SSSR count). The molecule has 1 heterocycles. The van der Waals surface area contributed by atoms with Crippen LogP contribution in [0.5, 0.6) is 0 Å². The molecule has 0 saturated carbocycles. The fourth-order valence-corrected chi connectivity index (χ4v) is 3.08. The van der Waals surface area contributed by atoms with Crippen molar-refractivity contribution in [2.24, 2.45) is 0 Å². The Hall–Kier alpha value is -2.28. The van der Waals surface area contributed by atoms with Crippen LogP contribution in [0.4, 0.5) is 0 Å². The van der Waals surface area contributed by atoms with Gasteiger partial charge < -0.3 is 4.42 Å². The molecule has 1 heteroatoms. The van der Waals surface area contributed by atoms with Crippen LogP contribution in [0.3, 0.4) is 0 Å². The van der Waals surface area contributed by atoms with Crippen LogP contribution >= 0.6 is 0 Å². The zero-order valence-electron chi connectivity index (χ0n) is 13.0. The van der Waals surface area contributed by atoms with Crippen molar-refractivity contribution in [3.63, 3.8) is 0 Å². The summed E-state index contributed by atoms with van der Waals surface area (Å²) in [6.07, 6.45) is 0. The van der Waals surface area contributed by atoms with Gasteiger partial charge in [-0.05, 0) is 50.5 Å². The monoisotopic (exact) mass is 276 g/mol. The van der Waals surface area contributed by atoms with E-state index in [1.165, 1.54) is 33.4 Å². The summed E-state index contributed by atoms with van der Waals surface area (Å²) in [5.74, 6) is 1.93. The topological polar surface area (TPSA) is 13.1 Å². The second kappa shape index (κ2) is 5.25. The molecule has 0 saturated heterocycles. The molecule has 0 atom stereocenters. The molecule has 1 nitrogen and oxygen atoms in total. The van der Waals surface area contributed by atoms with Gasteiger partial charge in [-0.25, -0.2) is 0 Å². The van der Waals surface area contributed by atoms with Crippen molar-refractivity contribution in [1.29, 1.82) is 0 Å². The third-order valence-corrected chi connectivity index (χ3v) is 3.93. The van der Waals surface area contributed by atoms with Gasteiger partial charge in [-0.1, -0.05) is 48.0 Å². The van der Waals surface area contributed by atoms with E-state index in [-0.39, 0.29) is 0 Å². The Morgan fingerprint density at radius 1 is 0.762 bits per heavy atom. The molecule has 1 aromatic heterocycles. The van der Waals surface area contributed by atoms with Crippen LogP contribution in [0.15, 0.2) is 52.9 Å². The Balaban J connectivity index is 2.14. The lowest BCUT2D eigenvalue weighted by Gasteiger charge is -2.08. The molecule has 0 amide bonds. The summed E-state index contributed by atoms with van der Waals surface area (Å²) in [6.45, 7) is 8.46. The van der Waals surface area contributed by atoms with Crippen LogP contribution < -0.4 is 0 Å². The molecule has 3 aromatic rings. The van der Waals surface area contributed by atoms with Crippen LogP contribution in [0, 0.1) is 27.7 Å². The summed E-state index contributed by atoms with van der Waals surface area (Å²) in [6, 6.07) is 17.0. The lowest BCUT2D eigenvalue weighted by molar-refractivity contribution is 0.549. The molecule has 21 heavy (non-hydrogen) atoms. The van der Waals surface area contributed by atoms with Gasteiger partial charge in [-0.2, -0.15) is 0 Å². The molecule has 0 N–H and O–H groups in total. The fraction of sp³-hybridized carbons (Fsp3) is 0.200. The third kappa shape index (κ3) is 2.52. The van der Waals surface area contributed by atoms with Gasteiger partial charge >= 0.3 is 0 Å². The standard InChI is InChI=1S/C20H20O/c1-13-10-14(2)20(15(3)11-13)19-12-18(16(4)21-19)17-8-6-5-7-9-17/h5-12H,1-4H3. The van der Waals surface area contributed by atoms with E-state index in [2.05, 4.69) is 63.2 Å². The highest BCUT2D eigenvalue weighted by Gasteiger charge is 2.14. The average molecular weight is 276 g/mol. The summed E-state index contributed by atoms with van der Waals surface area (Å²) in [5.41, 5.74) is 7.41. The first-order valence-electron chi connectivity index (χ1n) is 7.30. The summed E-state index contributed by atoms with van der Waals surface area (Å²) in [7, 11) is 0. The van der Waals surface area contributed by atoms with Crippen molar-refractivity contribution in [3.05, 3.63) is 71.0 Å². The average Bonchev–Trinajstić information content (AvgIpc) is 2.80. The Kier molecular flexibility index (Phi) is 3.42. The lowest BCUT2D eigenvalue weighted by Crippen LogP contribution is -1.88. The normalized spacial score (nSPS) is 10.9. The maximum absolute atomic E-state index is 6.06. The highest BCUT2D eigenvalue weighted by molar-refractivity contribution is 5.75. The minimum absolute atomic E-state index is 0.960. The summed E-state index contributed by atoms with van der Waals surface area (Å²) < 4.78 is 6.06. The van der Waals surface area contributed by atoms with Crippen molar-refractivity contribution < 1.29 is 4.42 Å². The van der Waals surface area contributed by atoms with Gasteiger partial charge in [0.05, 0.1) is 0 Å². The third-order valence-electron chi connectivity index (χ3n) is 3.93. The minimum atomic E-state index is 0.960. The molecule has 0 aliphatic rings. The van der Waals surface area contributed by atoms with Gasteiger partial charge in [0.25, 0.3) is 0 Å². The number of hydrogen-bond donors (Lipinski definition) is 0. The molecule has 0 bridgehead atoms. The van der Waals surface area contributed by atoms with Crippen molar-refractivity contribution in [2.75, 3.05) is 0 Å². The van der Waals surface area contributed by atoms with E-state index in [1.807, 2.05) is 13.0 Å². The molecule has 0 radical (unpaired) electrons. The number of hydrogen-bond acceptors (Lipinski definition) is 1. The second-order valence-electron chi connectivity index (χ2n) is 5.72. The Morgan fingerprint density at radius 2 is 1.38 bits per heavy atom. The molecular formula is C20H20O. The number of benzene rings is 2. The van der Waals surface area contributed by atoms with Gasteiger partial charge in [0, 0.05) is 11.1 Å². The van der Waals surface area contributed by atoms with E-state index >= 15 is 0 Å². The van der Waals surface area contributed by atoms with Crippen LogP contribution in [0.25, 0.3) is 22.5 Å². The summed E-state index contributed by atoms with van der Waals surface area (Å²) in [5, 5.41) is 0. The van der Waals surface area contributed by atoms with Crippen molar-refractivity contribution in [2.45, 2.75) is 27.7 Å². The zero-order valence-corrected chi connectivity index (χ0v) is 13.0. The van der Waals surface area contributed by atoms with Crippen LogP contribution in [0.1, 0.15) is 22.5 Å². The Morgan fingerprint density at radius 3 is 2.00 bits per heavy atom. The van der Waals surface area contributed by atoms with E-state index in [0.717, 1.165) is 11.5 Å². The van der Waals surface area contributed by atoms with E-state index in [9.17, 15) is 0 Å². The lowest BCUT2D eigenvalue weighted by atomic mass is 9.97. The van der Waals surface area contributed by atoms with Gasteiger partial charge in [0.2, 0.25) is 0 Å². The summed E-state index contributed by atoms with van der Waals surface area (Å²) >= 11 is 0. The number of rotatable bonds is 2. The number of furan rings is 1. The molecule has 0 unspecified atom stereocenters. The quantitative estimate of drug-likeness (QED) is 0.572. The molecule has 0 aliphatic heterocycles. The first-order chi connectivity index (χ1) is 10.1. The molecule has 0 spiro atoms. The molecule has 2 aromatic carbocycles. The van der Waals surface area contributed by atoms with Crippen LogP contribution in [-0.2, 0) is 0 Å². The van der Waals surface area contributed by atoms with E-state index in [1.54, 1.807) is 0 Å². The highest BCUT2D eigenvalue weighted by atomic mass is 16.3. The molecular weight excluding hydrogens is 256 g/mol. The SMILES string of the molecule is Cc1cc(C)c(-c2cc(-c3ccccc3)c(C)o2)c(C)c1. The van der Waals surface area contributed by atoms with Gasteiger partial charge in [0.15, 0.2) is 0 Å². The first kappa shape index (κ1) is 13.7. The van der Waals surface area contributed by atoms with Gasteiger partial charge in [0.1, 0.15) is 11.5 Å². The first-order valence-corrected chi connectivity index (χ1v) is 7.30. The highest BCUT2D eigenvalue weighted by Crippen LogP contribution is 2.35. The van der Waals surface area contributed by atoms with Gasteiger partial charge in [-0.15, -0.1) is 0 Å². The summed E-state index contributed by atoms with van der Waals surface area (Å²) in [4.78, 5) is 0. The Bertz CT molecular complexity index is 756. The predicted octanol–water partition coefficient (Wildman–Crippen LogP) is 5.85. The van der Waals surface area contributed by atoms with E-state index in [0.29, 0.717) is 0 Å². The smallest absolute Gasteiger partial charge is 0.135 e. The fourth-order valence-electron chi connectivity index (χ4n) is 3.08. The van der Waals surface area contributed by atoms with Crippen molar-refractivity contribution in [3.8, 4) is 22.5 Å².